The Morgan fingerprint density at radius 2 is 1.85 bits per heavy atom. The van der Waals surface area contributed by atoms with Crippen LogP contribution in [0.2, 0.25) is 0 Å². The van der Waals surface area contributed by atoms with E-state index in [1.54, 1.807) is 18.2 Å². The average Bonchev–Trinajstić information content (AvgIpc) is 3.16. The van der Waals surface area contributed by atoms with E-state index in [4.69, 9.17) is 0 Å². The lowest BCUT2D eigenvalue weighted by atomic mass is 9.81. The number of halogens is 1. The van der Waals surface area contributed by atoms with Crippen LogP contribution < -0.4 is 16.0 Å². The minimum Gasteiger partial charge on any atom is -0.351 e. The summed E-state index contributed by atoms with van der Waals surface area (Å²) in [5.41, 5.74) is 1.15. The Balaban J connectivity index is 0.00000243. The van der Waals surface area contributed by atoms with Crippen LogP contribution in [0.4, 0.5) is 5.69 Å². The first-order valence-corrected chi connectivity index (χ1v) is 9.38. The van der Waals surface area contributed by atoms with Gasteiger partial charge in [-0.25, -0.2) is 0 Å². The molecule has 3 rings (SSSR count). The number of hydrogen-bond donors (Lipinski definition) is 3. The summed E-state index contributed by atoms with van der Waals surface area (Å²) in [6.07, 6.45) is 2.09. The van der Waals surface area contributed by atoms with Crippen LogP contribution in [-0.4, -0.2) is 31.4 Å². The number of nitrogens with one attached hydrogen (secondary N) is 3. The van der Waals surface area contributed by atoms with Gasteiger partial charge in [0.25, 0.3) is 11.8 Å². The Hall–Kier alpha value is -1.89. The third-order valence-corrected chi connectivity index (χ3v) is 5.52. The first kappa shape index (κ1) is 20.4. The van der Waals surface area contributed by atoms with E-state index < -0.39 is 0 Å². The predicted octanol–water partition coefficient (Wildman–Crippen LogP) is 3.54. The zero-order chi connectivity index (χ0) is 17.7. The van der Waals surface area contributed by atoms with E-state index in [-0.39, 0.29) is 29.6 Å². The van der Waals surface area contributed by atoms with Crippen molar-refractivity contribution in [2.75, 3.05) is 25.0 Å². The number of piperidine rings is 1. The summed E-state index contributed by atoms with van der Waals surface area (Å²) < 4.78 is 0. The average molecular weight is 394 g/mol. The molecule has 0 aliphatic carbocycles. The molecule has 0 spiro atoms. The van der Waals surface area contributed by atoms with Gasteiger partial charge in [-0.1, -0.05) is 25.1 Å². The molecule has 1 aliphatic rings. The molecule has 3 N–H and O–H groups in total. The van der Waals surface area contributed by atoms with Gasteiger partial charge in [0.15, 0.2) is 0 Å². The van der Waals surface area contributed by atoms with Gasteiger partial charge in [0.2, 0.25) is 0 Å². The molecule has 1 saturated heterocycles. The largest absolute Gasteiger partial charge is 0.351 e. The highest BCUT2D eigenvalue weighted by atomic mass is 35.5. The Kier molecular flexibility index (Phi) is 7.20. The molecule has 1 fully saturated rings. The van der Waals surface area contributed by atoms with Crippen LogP contribution >= 0.6 is 23.7 Å². The number of carbonyl (C=O) groups excluding carboxylic acids is 2. The summed E-state index contributed by atoms with van der Waals surface area (Å²) in [4.78, 5) is 25.5. The van der Waals surface area contributed by atoms with Gasteiger partial charge in [0.05, 0.1) is 16.1 Å². The normalized spacial score (nSPS) is 15.6. The predicted molar refractivity (Wildman–Crippen MR) is 109 cm³/mol. The number of thiophene rings is 1. The van der Waals surface area contributed by atoms with Crippen molar-refractivity contribution in [3.05, 3.63) is 52.2 Å². The zero-order valence-electron chi connectivity index (χ0n) is 14.7. The number of anilines is 1. The number of benzene rings is 1. The maximum Gasteiger partial charge on any atom is 0.265 e. The minimum absolute atomic E-state index is 0. The lowest BCUT2D eigenvalue weighted by molar-refractivity contribution is 0.0923. The zero-order valence-corrected chi connectivity index (χ0v) is 16.3. The van der Waals surface area contributed by atoms with Crippen LogP contribution in [0.5, 0.6) is 0 Å². The summed E-state index contributed by atoms with van der Waals surface area (Å²) in [6.45, 7) is 4.82. The molecule has 1 aliphatic heterocycles. The van der Waals surface area contributed by atoms with Crippen LogP contribution in [0, 0.1) is 5.41 Å². The molecule has 1 aromatic carbocycles. The molecule has 7 heteroatoms. The van der Waals surface area contributed by atoms with Crippen molar-refractivity contribution in [2.45, 2.75) is 19.8 Å². The summed E-state index contributed by atoms with van der Waals surface area (Å²) >= 11 is 1.37. The van der Waals surface area contributed by atoms with E-state index in [9.17, 15) is 9.59 Å². The summed E-state index contributed by atoms with van der Waals surface area (Å²) in [5, 5.41) is 11.1. The molecular weight excluding hydrogens is 370 g/mol. The molecule has 2 aromatic rings. The molecule has 26 heavy (non-hydrogen) atoms. The second-order valence-electron chi connectivity index (χ2n) is 6.72. The summed E-state index contributed by atoms with van der Waals surface area (Å²) in [6, 6.07) is 10.7. The second kappa shape index (κ2) is 9.16. The van der Waals surface area contributed by atoms with Crippen LogP contribution in [0.15, 0.2) is 41.8 Å². The number of rotatable bonds is 5. The highest BCUT2D eigenvalue weighted by molar-refractivity contribution is 7.12. The highest BCUT2D eigenvalue weighted by Crippen LogP contribution is 2.27. The van der Waals surface area contributed by atoms with E-state index in [0.717, 1.165) is 25.9 Å². The molecule has 2 amide bonds. The fraction of sp³-hybridized carbons (Fsp3) is 0.368. The standard InChI is InChI=1S/C19H23N3O2S.ClH/c1-19(8-10-20-11-9-19)13-21-17(23)14-5-2-3-6-15(14)22-18(24)16-7-4-12-25-16;/h2-7,12,20H,8-11,13H2,1H3,(H,21,23)(H,22,24);1H. The van der Waals surface area contributed by atoms with Crippen molar-refractivity contribution in [2.24, 2.45) is 5.41 Å². The lowest BCUT2D eigenvalue weighted by Gasteiger charge is -2.34. The lowest BCUT2D eigenvalue weighted by Crippen LogP contribution is -2.43. The number of amides is 2. The quantitative estimate of drug-likeness (QED) is 0.727. The first-order valence-electron chi connectivity index (χ1n) is 8.50. The van der Waals surface area contributed by atoms with E-state index in [0.29, 0.717) is 22.7 Å². The van der Waals surface area contributed by atoms with Crippen molar-refractivity contribution in [3.63, 3.8) is 0 Å². The van der Waals surface area contributed by atoms with Crippen LogP contribution in [0.25, 0.3) is 0 Å². The number of hydrogen-bond acceptors (Lipinski definition) is 4. The van der Waals surface area contributed by atoms with Crippen molar-refractivity contribution >= 4 is 41.2 Å². The first-order chi connectivity index (χ1) is 12.1. The van der Waals surface area contributed by atoms with E-state index in [1.807, 2.05) is 23.6 Å². The van der Waals surface area contributed by atoms with Crippen LogP contribution in [-0.2, 0) is 0 Å². The molecule has 0 bridgehead atoms. The smallest absolute Gasteiger partial charge is 0.265 e. The molecule has 0 saturated carbocycles. The van der Waals surface area contributed by atoms with Gasteiger partial charge in [-0.15, -0.1) is 23.7 Å². The fourth-order valence-electron chi connectivity index (χ4n) is 2.98. The van der Waals surface area contributed by atoms with Crippen LogP contribution in [0.1, 0.15) is 39.8 Å². The van der Waals surface area contributed by atoms with Gasteiger partial charge in [0, 0.05) is 6.54 Å². The minimum atomic E-state index is -0.194. The van der Waals surface area contributed by atoms with Gasteiger partial charge in [0.1, 0.15) is 0 Å². The topological polar surface area (TPSA) is 70.2 Å². The van der Waals surface area contributed by atoms with E-state index in [2.05, 4.69) is 22.9 Å². The highest BCUT2D eigenvalue weighted by Gasteiger charge is 2.27. The van der Waals surface area contributed by atoms with Crippen molar-refractivity contribution in [3.8, 4) is 0 Å². The Morgan fingerprint density at radius 3 is 2.54 bits per heavy atom. The van der Waals surface area contributed by atoms with Crippen molar-refractivity contribution < 1.29 is 9.59 Å². The SMILES string of the molecule is CC1(CNC(=O)c2ccccc2NC(=O)c2cccs2)CCNCC1.Cl. The fourth-order valence-corrected chi connectivity index (χ4v) is 3.60. The van der Waals surface area contributed by atoms with Crippen LogP contribution in [0.3, 0.4) is 0 Å². The van der Waals surface area contributed by atoms with Crippen molar-refractivity contribution in [1.29, 1.82) is 0 Å². The molecular formula is C19H24ClN3O2S. The third-order valence-electron chi connectivity index (χ3n) is 4.65. The number of para-hydroxylation sites is 1. The molecule has 0 radical (unpaired) electrons. The van der Waals surface area contributed by atoms with Gasteiger partial charge in [-0.3, -0.25) is 9.59 Å². The Bertz CT molecular complexity index is 743. The molecule has 1 aromatic heterocycles. The molecule has 140 valence electrons. The van der Waals surface area contributed by atoms with Gasteiger partial charge >= 0.3 is 0 Å². The van der Waals surface area contributed by atoms with Gasteiger partial charge in [-0.05, 0) is 54.9 Å². The molecule has 2 heterocycles. The third kappa shape index (κ3) is 5.06. The van der Waals surface area contributed by atoms with Crippen molar-refractivity contribution in [1.82, 2.24) is 10.6 Å². The van der Waals surface area contributed by atoms with E-state index in [1.165, 1.54) is 11.3 Å². The van der Waals surface area contributed by atoms with Gasteiger partial charge < -0.3 is 16.0 Å². The maximum absolute atomic E-state index is 12.6. The number of carbonyl (C=O) groups is 2. The molecule has 0 unspecified atom stereocenters. The Morgan fingerprint density at radius 1 is 1.12 bits per heavy atom. The van der Waals surface area contributed by atoms with Gasteiger partial charge in [-0.2, -0.15) is 0 Å². The summed E-state index contributed by atoms with van der Waals surface area (Å²) in [7, 11) is 0. The molecule has 5 nitrogen and oxygen atoms in total. The monoisotopic (exact) mass is 393 g/mol. The molecule has 0 atom stereocenters. The summed E-state index contributed by atoms with van der Waals surface area (Å²) in [5.74, 6) is -0.345. The van der Waals surface area contributed by atoms with E-state index >= 15 is 0 Å². The maximum atomic E-state index is 12.6. The Labute approximate surface area is 164 Å². The second-order valence-corrected chi connectivity index (χ2v) is 7.67.